The molecule has 2 heterocycles. The standard InChI is InChI=1S/C14H19BrClN5O/c1-10-14(15)11(2)21(19-10)7-4-13(22)17-5-3-6-20-9-12(16)8-18-20/h8-9H,3-7H2,1-2H3,(H,17,22). The van der Waals surface area contributed by atoms with Gasteiger partial charge in [-0.1, -0.05) is 11.6 Å². The van der Waals surface area contributed by atoms with Gasteiger partial charge >= 0.3 is 0 Å². The largest absolute Gasteiger partial charge is 0.356 e. The lowest BCUT2D eigenvalue weighted by Gasteiger charge is -2.07. The number of carbonyl (C=O) groups excluding carboxylic acids is 1. The molecule has 0 aromatic carbocycles. The van der Waals surface area contributed by atoms with Crippen molar-refractivity contribution < 1.29 is 4.79 Å². The van der Waals surface area contributed by atoms with Crippen LogP contribution in [-0.4, -0.2) is 32.0 Å². The third-order valence-corrected chi connectivity index (χ3v) is 4.67. The van der Waals surface area contributed by atoms with Gasteiger partial charge in [-0.2, -0.15) is 10.2 Å². The van der Waals surface area contributed by atoms with Crippen LogP contribution in [0.3, 0.4) is 0 Å². The highest BCUT2D eigenvalue weighted by atomic mass is 79.9. The monoisotopic (exact) mass is 387 g/mol. The molecule has 0 spiro atoms. The van der Waals surface area contributed by atoms with Crippen LogP contribution < -0.4 is 5.32 Å². The van der Waals surface area contributed by atoms with E-state index in [2.05, 4.69) is 31.4 Å². The van der Waals surface area contributed by atoms with Crippen LogP contribution in [0.2, 0.25) is 5.02 Å². The number of carbonyl (C=O) groups is 1. The summed E-state index contributed by atoms with van der Waals surface area (Å²) in [7, 11) is 0. The molecule has 1 amide bonds. The Balaban J connectivity index is 1.66. The molecule has 8 heteroatoms. The first kappa shape index (κ1) is 17.0. The van der Waals surface area contributed by atoms with Gasteiger partial charge in [-0.3, -0.25) is 14.2 Å². The molecule has 1 N–H and O–H groups in total. The number of hydrogen-bond acceptors (Lipinski definition) is 3. The molecule has 2 aromatic heterocycles. The molecule has 0 aliphatic rings. The third-order valence-electron chi connectivity index (χ3n) is 3.33. The van der Waals surface area contributed by atoms with Crippen molar-refractivity contribution in [1.82, 2.24) is 24.9 Å². The van der Waals surface area contributed by atoms with E-state index in [0.717, 1.165) is 28.8 Å². The molecule has 2 aromatic rings. The molecule has 6 nitrogen and oxygen atoms in total. The molecule has 0 atom stereocenters. The molecule has 0 aliphatic carbocycles. The van der Waals surface area contributed by atoms with E-state index in [1.165, 1.54) is 0 Å². The zero-order chi connectivity index (χ0) is 16.1. The Morgan fingerprint density at radius 3 is 2.77 bits per heavy atom. The Hall–Kier alpha value is -1.34. The first-order valence-electron chi connectivity index (χ1n) is 7.11. The van der Waals surface area contributed by atoms with Gasteiger partial charge in [0.25, 0.3) is 0 Å². The van der Waals surface area contributed by atoms with E-state index in [-0.39, 0.29) is 5.91 Å². The molecule has 22 heavy (non-hydrogen) atoms. The Kier molecular flexibility index (Phi) is 6.02. The first-order chi connectivity index (χ1) is 10.5. The Morgan fingerprint density at radius 2 is 2.18 bits per heavy atom. The normalized spacial score (nSPS) is 10.9. The number of nitrogens with zero attached hydrogens (tertiary/aromatic N) is 4. The SMILES string of the molecule is Cc1nn(CCC(=O)NCCCn2cc(Cl)cn2)c(C)c1Br. The fourth-order valence-corrected chi connectivity index (χ4v) is 2.56. The molecule has 0 saturated heterocycles. The van der Waals surface area contributed by atoms with E-state index in [1.807, 2.05) is 18.5 Å². The van der Waals surface area contributed by atoms with Gasteiger partial charge in [-0.25, -0.2) is 0 Å². The van der Waals surface area contributed by atoms with Crippen molar-refractivity contribution in [2.45, 2.75) is 39.8 Å². The van der Waals surface area contributed by atoms with Crippen molar-refractivity contribution in [3.63, 3.8) is 0 Å². The van der Waals surface area contributed by atoms with E-state index < -0.39 is 0 Å². The average Bonchev–Trinajstić information content (AvgIpc) is 3.00. The molecule has 120 valence electrons. The minimum absolute atomic E-state index is 0.0298. The highest BCUT2D eigenvalue weighted by Crippen LogP contribution is 2.19. The van der Waals surface area contributed by atoms with E-state index in [4.69, 9.17) is 11.6 Å². The van der Waals surface area contributed by atoms with Crippen molar-refractivity contribution in [3.8, 4) is 0 Å². The summed E-state index contributed by atoms with van der Waals surface area (Å²) in [6.07, 6.45) is 4.61. The number of hydrogen-bond donors (Lipinski definition) is 1. The summed E-state index contributed by atoms with van der Waals surface area (Å²) in [5.74, 6) is 0.0298. The summed E-state index contributed by atoms with van der Waals surface area (Å²) < 4.78 is 4.62. The van der Waals surface area contributed by atoms with Crippen molar-refractivity contribution in [2.75, 3.05) is 6.54 Å². The molecular weight excluding hydrogens is 370 g/mol. The van der Waals surface area contributed by atoms with Gasteiger partial charge in [-0.05, 0) is 36.2 Å². The smallest absolute Gasteiger partial charge is 0.221 e. The molecule has 2 rings (SSSR count). The van der Waals surface area contributed by atoms with Crippen LogP contribution >= 0.6 is 27.5 Å². The summed E-state index contributed by atoms with van der Waals surface area (Å²) in [6.45, 7) is 5.86. The summed E-state index contributed by atoms with van der Waals surface area (Å²) >= 11 is 9.26. The number of amides is 1. The number of rotatable bonds is 7. The lowest BCUT2D eigenvalue weighted by Crippen LogP contribution is -2.26. The molecular formula is C14H19BrClN5O. The second-order valence-electron chi connectivity index (χ2n) is 5.08. The fraction of sp³-hybridized carbons (Fsp3) is 0.500. The Labute approximate surface area is 143 Å². The topological polar surface area (TPSA) is 64.7 Å². The summed E-state index contributed by atoms with van der Waals surface area (Å²) in [5, 5.41) is 12.0. The molecule has 0 fully saturated rings. The number of aryl methyl sites for hydroxylation is 3. The van der Waals surface area contributed by atoms with Crippen molar-refractivity contribution in [2.24, 2.45) is 0 Å². The van der Waals surface area contributed by atoms with Crippen LogP contribution in [0.1, 0.15) is 24.2 Å². The molecule has 0 saturated carbocycles. The fourth-order valence-electron chi connectivity index (χ4n) is 2.12. The van der Waals surface area contributed by atoms with Crippen molar-refractivity contribution >= 4 is 33.4 Å². The molecule has 0 unspecified atom stereocenters. The minimum Gasteiger partial charge on any atom is -0.356 e. The molecule has 0 aliphatic heterocycles. The summed E-state index contributed by atoms with van der Waals surface area (Å²) in [5.41, 5.74) is 1.98. The van der Waals surface area contributed by atoms with Crippen LogP contribution in [0.25, 0.3) is 0 Å². The van der Waals surface area contributed by atoms with Crippen LogP contribution in [0.5, 0.6) is 0 Å². The van der Waals surface area contributed by atoms with Crippen LogP contribution in [0.4, 0.5) is 0 Å². The predicted molar refractivity (Wildman–Crippen MR) is 88.9 cm³/mol. The second kappa shape index (κ2) is 7.78. The highest BCUT2D eigenvalue weighted by molar-refractivity contribution is 9.10. The molecule has 0 bridgehead atoms. The van der Waals surface area contributed by atoms with Gasteiger partial charge in [0.1, 0.15) is 0 Å². The van der Waals surface area contributed by atoms with E-state index in [9.17, 15) is 4.79 Å². The molecule has 0 radical (unpaired) electrons. The van der Waals surface area contributed by atoms with Gasteiger partial charge < -0.3 is 5.32 Å². The van der Waals surface area contributed by atoms with Gasteiger partial charge in [0.05, 0.1) is 27.9 Å². The summed E-state index contributed by atoms with van der Waals surface area (Å²) in [4.78, 5) is 11.8. The second-order valence-corrected chi connectivity index (χ2v) is 6.31. The van der Waals surface area contributed by atoms with Crippen LogP contribution in [0, 0.1) is 13.8 Å². The average molecular weight is 389 g/mol. The summed E-state index contributed by atoms with van der Waals surface area (Å²) in [6, 6.07) is 0. The predicted octanol–water partition coefficient (Wildman–Crippen LogP) is 2.71. The van der Waals surface area contributed by atoms with Crippen molar-refractivity contribution in [3.05, 3.63) is 33.3 Å². The maximum Gasteiger partial charge on any atom is 0.221 e. The minimum atomic E-state index is 0.0298. The highest BCUT2D eigenvalue weighted by Gasteiger charge is 2.09. The number of nitrogens with one attached hydrogen (secondary N) is 1. The third kappa shape index (κ3) is 4.58. The lowest BCUT2D eigenvalue weighted by molar-refractivity contribution is -0.121. The Morgan fingerprint density at radius 1 is 1.41 bits per heavy atom. The Bertz CT molecular complexity index is 652. The lowest BCUT2D eigenvalue weighted by atomic mass is 10.3. The maximum absolute atomic E-state index is 11.8. The van der Waals surface area contributed by atoms with Crippen molar-refractivity contribution in [1.29, 1.82) is 0 Å². The quantitative estimate of drug-likeness (QED) is 0.742. The maximum atomic E-state index is 11.8. The van der Waals surface area contributed by atoms with Gasteiger partial charge in [-0.15, -0.1) is 0 Å². The van der Waals surface area contributed by atoms with Gasteiger partial charge in [0.15, 0.2) is 0 Å². The van der Waals surface area contributed by atoms with Crippen LogP contribution in [0.15, 0.2) is 16.9 Å². The number of aromatic nitrogens is 4. The first-order valence-corrected chi connectivity index (χ1v) is 8.28. The van der Waals surface area contributed by atoms with Gasteiger partial charge in [0.2, 0.25) is 5.91 Å². The van der Waals surface area contributed by atoms with Crippen LogP contribution in [-0.2, 0) is 17.9 Å². The number of halogens is 2. The van der Waals surface area contributed by atoms with E-state index >= 15 is 0 Å². The zero-order valence-electron chi connectivity index (χ0n) is 12.6. The van der Waals surface area contributed by atoms with E-state index in [1.54, 1.807) is 17.1 Å². The zero-order valence-corrected chi connectivity index (χ0v) is 15.0. The van der Waals surface area contributed by atoms with E-state index in [0.29, 0.717) is 24.5 Å². The van der Waals surface area contributed by atoms with Gasteiger partial charge in [0, 0.05) is 31.4 Å².